The largest absolute Gasteiger partial charge is 0.479 e. The fourth-order valence-corrected chi connectivity index (χ4v) is 2.02. The van der Waals surface area contributed by atoms with Crippen LogP contribution in [0.1, 0.15) is 36.1 Å². The van der Waals surface area contributed by atoms with Gasteiger partial charge in [-0.1, -0.05) is 41.1 Å². The minimum Gasteiger partial charge on any atom is -0.479 e. The lowest BCUT2D eigenvalue weighted by Crippen LogP contribution is -2.13. The van der Waals surface area contributed by atoms with Crippen LogP contribution in [-0.4, -0.2) is 21.5 Å². The van der Waals surface area contributed by atoms with Crippen molar-refractivity contribution in [3.8, 4) is 0 Å². The molecule has 1 unspecified atom stereocenters. The predicted molar refractivity (Wildman–Crippen MR) is 70.5 cm³/mol. The summed E-state index contributed by atoms with van der Waals surface area (Å²) in [5.41, 5.74) is 2.48. The maximum absolute atomic E-state index is 10.9. The highest BCUT2D eigenvalue weighted by atomic mass is 79.9. The lowest BCUT2D eigenvalue weighted by Gasteiger charge is -2.13. The van der Waals surface area contributed by atoms with Gasteiger partial charge in [-0.25, -0.2) is 4.79 Å². The summed E-state index contributed by atoms with van der Waals surface area (Å²) in [5.74, 6) is -1.20. The van der Waals surface area contributed by atoms with Crippen LogP contribution >= 0.6 is 15.9 Å². The van der Waals surface area contributed by atoms with E-state index in [0.717, 1.165) is 35.7 Å². The Labute approximate surface area is 110 Å². The first kappa shape index (κ1) is 14.2. The lowest BCUT2D eigenvalue weighted by molar-refractivity contribution is -0.147. The summed E-state index contributed by atoms with van der Waals surface area (Å²) >= 11 is 3.35. The van der Waals surface area contributed by atoms with E-state index >= 15 is 0 Å². The van der Waals surface area contributed by atoms with Crippen LogP contribution in [0.5, 0.6) is 0 Å². The van der Waals surface area contributed by atoms with Crippen LogP contribution in [0, 0.1) is 0 Å². The predicted octanol–water partition coefficient (Wildman–Crippen LogP) is 2.69. The molecule has 0 aliphatic heterocycles. The number of benzene rings is 1. The number of hydrogen-bond acceptors (Lipinski definition) is 2. The van der Waals surface area contributed by atoms with Gasteiger partial charge in [0.1, 0.15) is 0 Å². The van der Waals surface area contributed by atoms with Crippen LogP contribution in [0.2, 0.25) is 0 Å². The molecule has 17 heavy (non-hydrogen) atoms. The van der Waals surface area contributed by atoms with Crippen molar-refractivity contribution < 1.29 is 15.0 Å². The SMILES string of the molecule is CCc1ccc(CCCBr)c(C(O)C(=O)O)c1. The molecule has 1 rings (SSSR count). The molecule has 4 heteroatoms. The second-order valence-corrected chi connectivity index (χ2v) is 4.71. The van der Waals surface area contributed by atoms with Crippen molar-refractivity contribution in [3.63, 3.8) is 0 Å². The fraction of sp³-hybridized carbons (Fsp3) is 0.462. The smallest absolute Gasteiger partial charge is 0.337 e. The monoisotopic (exact) mass is 300 g/mol. The van der Waals surface area contributed by atoms with Crippen molar-refractivity contribution in [1.29, 1.82) is 0 Å². The number of carboxylic acid groups (broad SMARTS) is 1. The van der Waals surface area contributed by atoms with E-state index in [1.165, 1.54) is 0 Å². The molecule has 3 nitrogen and oxygen atoms in total. The zero-order valence-electron chi connectivity index (χ0n) is 9.82. The van der Waals surface area contributed by atoms with Gasteiger partial charge >= 0.3 is 5.97 Å². The Bertz CT molecular complexity index is 390. The van der Waals surface area contributed by atoms with Crippen molar-refractivity contribution in [2.24, 2.45) is 0 Å². The van der Waals surface area contributed by atoms with Crippen molar-refractivity contribution in [2.45, 2.75) is 32.3 Å². The molecule has 1 aromatic rings. The van der Waals surface area contributed by atoms with Crippen LogP contribution in [0.4, 0.5) is 0 Å². The Hall–Kier alpha value is -0.870. The summed E-state index contributed by atoms with van der Waals surface area (Å²) in [6.45, 7) is 2.00. The van der Waals surface area contributed by atoms with Gasteiger partial charge in [0.15, 0.2) is 6.10 Å². The molecule has 0 aliphatic carbocycles. The molecular formula is C13H17BrO3. The second kappa shape index (κ2) is 6.77. The van der Waals surface area contributed by atoms with Gasteiger partial charge in [0.2, 0.25) is 0 Å². The van der Waals surface area contributed by atoms with E-state index in [9.17, 15) is 9.90 Å². The summed E-state index contributed by atoms with van der Waals surface area (Å²) in [4.78, 5) is 10.9. The van der Waals surface area contributed by atoms with Crippen LogP contribution in [0.15, 0.2) is 18.2 Å². The van der Waals surface area contributed by atoms with Crippen molar-refractivity contribution in [3.05, 3.63) is 34.9 Å². The van der Waals surface area contributed by atoms with E-state index in [2.05, 4.69) is 15.9 Å². The maximum Gasteiger partial charge on any atom is 0.337 e. The van der Waals surface area contributed by atoms with E-state index in [-0.39, 0.29) is 0 Å². The third-order valence-corrected chi connectivity index (χ3v) is 3.29. The van der Waals surface area contributed by atoms with E-state index in [4.69, 9.17) is 5.11 Å². The summed E-state index contributed by atoms with van der Waals surface area (Å²) in [7, 11) is 0. The van der Waals surface area contributed by atoms with Crippen LogP contribution in [0.25, 0.3) is 0 Å². The minimum atomic E-state index is -1.42. The third-order valence-electron chi connectivity index (χ3n) is 2.73. The molecule has 0 radical (unpaired) electrons. The summed E-state index contributed by atoms with van der Waals surface area (Å²) in [6, 6.07) is 5.70. The lowest BCUT2D eigenvalue weighted by atomic mass is 9.96. The number of aliphatic hydroxyl groups is 1. The average Bonchev–Trinajstić information content (AvgIpc) is 2.35. The third kappa shape index (κ3) is 3.82. The highest BCUT2D eigenvalue weighted by Crippen LogP contribution is 2.22. The van der Waals surface area contributed by atoms with Crippen molar-refractivity contribution in [1.82, 2.24) is 0 Å². The zero-order chi connectivity index (χ0) is 12.8. The molecule has 0 aromatic heterocycles. The molecule has 0 heterocycles. The Morgan fingerprint density at radius 1 is 1.47 bits per heavy atom. The van der Waals surface area contributed by atoms with Gasteiger partial charge in [0.05, 0.1) is 0 Å². The molecular weight excluding hydrogens is 284 g/mol. The number of halogens is 1. The standard InChI is InChI=1S/C13H17BrO3/c1-2-9-5-6-10(4-3-7-14)11(8-9)12(15)13(16)17/h5-6,8,12,15H,2-4,7H2,1H3,(H,16,17). The van der Waals surface area contributed by atoms with Gasteiger partial charge in [0.25, 0.3) is 0 Å². The van der Waals surface area contributed by atoms with Gasteiger partial charge in [-0.05, 0) is 36.0 Å². The maximum atomic E-state index is 10.9. The van der Waals surface area contributed by atoms with Crippen LogP contribution in [-0.2, 0) is 17.6 Å². The van der Waals surface area contributed by atoms with Gasteiger partial charge in [-0.3, -0.25) is 0 Å². The normalized spacial score (nSPS) is 12.4. The number of aryl methyl sites for hydroxylation is 2. The molecule has 1 atom stereocenters. The highest BCUT2D eigenvalue weighted by molar-refractivity contribution is 9.09. The second-order valence-electron chi connectivity index (χ2n) is 3.92. The first-order valence-corrected chi connectivity index (χ1v) is 6.80. The Kier molecular flexibility index (Phi) is 5.65. The fourth-order valence-electron chi connectivity index (χ4n) is 1.74. The highest BCUT2D eigenvalue weighted by Gasteiger charge is 2.19. The van der Waals surface area contributed by atoms with E-state index < -0.39 is 12.1 Å². The van der Waals surface area contributed by atoms with E-state index in [1.54, 1.807) is 6.07 Å². The Morgan fingerprint density at radius 2 is 2.18 bits per heavy atom. The zero-order valence-corrected chi connectivity index (χ0v) is 11.4. The summed E-state index contributed by atoms with van der Waals surface area (Å²) < 4.78 is 0. The Morgan fingerprint density at radius 3 is 2.71 bits per heavy atom. The molecule has 0 fully saturated rings. The molecule has 0 bridgehead atoms. The van der Waals surface area contributed by atoms with Crippen molar-refractivity contribution >= 4 is 21.9 Å². The molecule has 2 N–H and O–H groups in total. The minimum absolute atomic E-state index is 0.526. The topological polar surface area (TPSA) is 57.5 Å². The first-order valence-electron chi connectivity index (χ1n) is 5.68. The first-order chi connectivity index (χ1) is 8.10. The summed E-state index contributed by atoms with van der Waals surface area (Å²) in [6.07, 6.45) is 1.10. The molecule has 0 aliphatic rings. The van der Waals surface area contributed by atoms with Gasteiger partial charge < -0.3 is 10.2 Å². The Balaban J connectivity index is 3.06. The van der Waals surface area contributed by atoms with Crippen LogP contribution < -0.4 is 0 Å². The molecule has 1 aromatic carbocycles. The van der Waals surface area contributed by atoms with Gasteiger partial charge in [-0.2, -0.15) is 0 Å². The number of aliphatic hydroxyl groups excluding tert-OH is 1. The average molecular weight is 301 g/mol. The number of rotatable bonds is 6. The molecule has 0 spiro atoms. The number of carbonyl (C=O) groups is 1. The summed E-state index contributed by atoms with van der Waals surface area (Å²) in [5, 5.41) is 19.4. The van der Waals surface area contributed by atoms with Gasteiger partial charge in [0, 0.05) is 5.33 Å². The molecule has 0 saturated carbocycles. The molecule has 0 amide bonds. The molecule has 94 valence electrons. The van der Waals surface area contributed by atoms with E-state index in [0.29, 0.717) is 5.56 Å². The number of carboxylic acids is 1. The quantitative estimate of drug-likeness (QED) is 0.794. The van der Waals surface area contributed by atoms with E-state index in [1.807, 2.05) is 19.1 Å². The van der Waals surface area contributed by atoms with Gasteiger partial charge in [-0.15, -0.1) is 0 Å². The van der Waals surface area contributed by atoms with Crippen LogP contribution in [0.3, 0.4) is 0 Å². The van der Waals surface area contributed by atoms with Crippen molar-refractivity contribution in [2.75, 3.05) is 5.33 Å². The number of hydrogen-bond donors (Lipinski definition) is 2. The number of alkyl halides is 1. The molecule has 0 saturated heterocycles. The number of aliphatic carboxylic acids is 1.